The molecule has 0 heterocycles. The minimum Gasteiger partial charge on any atom is -1.00 e. The van der Waals surface area contributed by atoms with Gasteiger partial charge in [-0.25, -0.2) is 0 Å². The number of nitrogens with two attached hydrogens (primary N) is 1. The molecule has 0 aromatic rings. The molecule has 0 aliphatic heterocycles. The van der Waals surface area contributed by atoms with Crippen LogP contribution < -0.4 is 18.1 Å². The summed E-state index contributed by atoms with van der Waals surface area (Å²) in [4.78, 5) is 10.5. The number of hydrogen-bond acceptors (Lipinski definition) is 2. The third-order valence-corrected chi connectivity index (χ3v) is 5.66. The van der Waals surface area contributed by atoms with Crippen LogP contribution in [0.25, 0.3) is 0 Å². The Bertz CT molecular complexity index is 401. The van der Waals surface area contributed by atoms with Gasteiger partial charge in [0.2, 0.25) is 5.91 Å². The highest BCUT2D eigenvalue weighted by molar-refractivity contribution is 5.73. The molecule has 188 valence electrons. The smallest absolute Gasteiger partial charge is 0.217 e. The van der Waals surface area contributed by atoms with Crippen molar-refractivity contribution in [3.8, 4) is 0 Å². The van der Waals surface area contributed by atoms with Crippen molar-refractivity contribution in [3.05, 3.63) is 12.2 Å². The number of aliphatic hydroxyl groups is 1. The highest BCUT2D eigenvalue weighted by Gasteiger charge is 2.22. The first-order chi connectivity index (χ1) is 14.3. The second-order valence-corrected chi connectivity index (χ2v) is 9.19. The second-order valence-electron chi connectivity index (χ2n) is 9.19. The predicted octanol–water partition coefficient (Wildman–Crippen LogP) is 3.71. The van der Waals surface area contributed by atoms with E-state index in [0.29, 0.717) is 6.42 Å². The van der Waals surface area contributed by atoms with Crippen molar-refractivity contribution in [3.63, 3.8) is 0 Å². The van der Waals surface area contributed by atoms with Crippen molar-refractivity contribution in [1.82, 2.24) is 0 Å². The third-order valence-electron chi connectivity index (χ3n) is 5.66. The number of amides is 1. The molecule has 0 bridgehead atoms. The molecule has 1 amide bonds. The molecule has 1 unspecified atom stereocenters. The van der Waals surface area contributed by atoms with Gasteiger partial charge in [0, 0.05) is 12.8 Å². The molecule has 4 nitrogen and oxygen atoms in total. The summed E-state index contributed by atoms with van der Waals surface area (Å²) in [7, 11) is 4.13. The van der Waals surface area contributed by atoms with Crippen LogP contribution in [0.1, 0.15) is 124 Å². The van der Waals surface area contributed by atoms with Crippen molar-refractivity contribution in [1.29, 1.82) is 0 Å². The standard InChI is InChI=1S/C18H35NO.C8H20NO.ClH/c1-2-3-4-5-6-7-8-9-10-11-12-13-14-15-16-17-18(19)20;1-5-7-9(3,4)8(10)6-2;/h9-10H,2-8,11-17H2,1H3,(H2,19,20);8,10H,5-7H2,1-4H3;1H/q;+1;/p-1/b10-9-;;. The lowest BCUT2D eigenvalue weighted by molar-refractivity contribution is -0.936. The number of carbonyl (C=O) groups excluding carboxylic acids is 1. The fourth-order valence-electron chi connectivity index (χ4n) is 3.59. The number of nitrogens with zero attached hydrogens (tertiary/aromatic N) is 1. The van der Waals surface area contributed by atoms with E-state index < -0.39 is 0 Å². The minimum atomic E-state index is -0.194. The highest BCUT2D eigenvalue weighted by Crippen LogP contribution is 2.10. The van der Waals surface area contributed by atoms with Gasteiger partial charge in [0.1, 0.15) is 0 Å². The van der Waals surface area contributed by atoms with Gasteiger partial charge < -0.3 is 27.7 Å². The molecule has 0 spiro atoms. The molecule has 0 saturated carbocycles. The Morgan fingerprint density at radius 2 is 1.26 bits per heavy atom. The Balaban J connectivity index is -0.000000604. The average molecular weight is 463 g/mol. The van der Waals surface area contributed by atoms with Crippen LogP contribution in [0.2, 0.25) is 0 Å². The summed E-state index contributed by atoms with van der Waals surface area (Å²) in [5.74, 6) is -0.164. The molecule has 3 N–H and O–H groups in total. The number of unbranched alkanes of at least 4 members (excludes halogenated alkanes) is 11. The van der Waals surface area contributed by atoms with E-state index in [9.17, 15) is 9.90 Å². The van der Waals surface area contributed by atoms with Gasteiger partial charge in [-0.05, 0) is 38.5 Å². The van der Waals surface area contributed by atoms with Crippen LogP contribution in [0.3, 0.4) is 0 Å². The number of primary amides is 1. The zero-order valence-electron chi connectivity index (χ0n) is 21.5. The van der Waals surface area contributed by atoms with Crippen molar-refractivity contribution < 1.29 is 26.8 Å². The Morgan fingerprint density at radius 1 is 0.806 bits per heavy atom. The topological polar surface area (TPSA) is 63.3 Å². The Kier molecular flexibility index (Phi) is 29.0. The lowest BCUT2D eigenvalue weighted by Gasteiger charge is -2.33. The molecule has 1 atom stereocenters. The number of hydrogen-bond donors (Lipinski definition) is 2. The molecule has 0 fully saturated rings. The van der Waals surface area contributed by atoms with Gasteiger partial charge in [0.25, 0.3) is 0 Å². The zero-order valence-corrected chi connectivity index (χ0v) is 22.3. The Hall–Kier alpha value is -0.580. The normalized spacial score (nSPS) is 12.2. The van der Waals surface area contributed by atoms with E-state index in [1.165, 1.54) is 70.6 Å². The van der Waals surface area contributed by atoms with Gasteiger partial charge in [-0.3, -0.25) is 4.79 Å². The average Bonchev–Trinajstić information content (AvgIpc) is 2.70. The summed E-state index contributed by atoms with van der Waals surface area (Å²) in [6.45, 7) is 7.47. The SMILES string of the molecule is CCCCCCCC/C=C\CCCCCCCC(N)=O.CCC[N+](C)(C)C(O)CC.[Cl-]. The number of quaternary nitrogens is 1. The van der Waals surface area contributed by atoms with Crippen molar-refractivity contribution in [2.75, 3.05) is 20.6 Å². The summed E-state index contributed by atoms with van der Waals surface area (Å²) in [6.07, 6.45) is 23.7. The highest BCUT2D eigenvalue weighted by atomic mass is 35.5. The summed E-state index contributed by atoms with van der Waals surface area (Å²) in [5.41, 5.74) is 5.10. The predicted molar refractivity (Wildman–Crippen MR) is 132 cm³/mol. The van der Waals surface area contributed by atoms with Crippen molar-refractivity contribution >= 4 is 5.91 Å². The number of carbonyl (C=O) groups is 1. The van der Waals surface area contributed by atoms with Crippen LogP contribution in [0.5, 0.6) is 0 Å². The van der Waals surface area contributed by atoms with E-state index in [-0.39, 0.29) is 24.5 Å². The zero-order chi connectivity index (χ0) is 23.1. The van der Waals surface area contributed by atoms with Gasteiger partial charge >= 0.3 is 0 Å². The monoisotopic (exact) mass is 462 g/mol. The van der Waals surface area contributed by atoms with Crippen LogP contribution in [0, 0.1) is 0 Å². The van der Waals surface area contributed by atoms with Crippen LogP contribution in [0.4, 0.5) is 0 Å². The third kappa shape index (κ3) is 27.4. The first-order valence-corrected chi connectivity index (χ1v) is 12.8. The molecule has 0 aliphatic rings. The van der Waals surface area contributed by atoms with Gasteiger partial charge in [-0.1, -0.05) is 84.3 Å². The van der Waals surface area contributed by atoms with E-state index in [4.69, 9.17) is 5.73 Å². The lowest BCUT2D eigenvalue weighted by atomic mass is 10.1. The molecule has 31 heavy (non-hydrogen) atoms. The molecule has 0 aromatic carbocycles. The summed E-state index contributed by atoms with van der Waals surface area (Å²) < 4.78 is 0.729. The van der Waals surface area contributed by atoms with Crippen molar-refractivity contribution in [2.24, 2.45) is 5.73 Å². The summed E-state index contributed by atoms with van der Waals surface area (Å²) in [5, 5.41) is 9.49. The van der Waals surface area contributed by atoms with Crippen LogP contribution in [0.15, 0.2) is 12.2 Å². The van der Waals surface area contributed by atoms with E-state index in [1.54, 1.807) is 0 Å². The molecule has 5 heteroatoms. The van der Waals surface area contributed by atoms with E-state index in [2.05, 4.69) is 40.1 Å². The number of rotatable bonds is 19. The lowest BCUT2D eigenvalue weighted by Crippen LogP contribution is -3.00. The molecule has 0 saturated heterocycles. The maximum atomic E-state index is 10.5. The van der Waals surface area contributed by atoms with Crippen LogP contribution >= 0.6 is 0 Å². The van der Waals surface area contributed by atoms with Gasteiger partial charge in [-0.2, -0.15) is 0 Å². The quantitative estimate of drug-likeness (QED) is 0.133. The van der Waals surface area contributed by atoms with Crippen LogP contribution in [-0.4, -0.2) is 42.4 Å². The van der Waals surface area contributed by atoms with E-state index in [1.807, 2.05) is 6.92 Å². The summed E-state index contributed by atoms with van der Waals surface area (Å²) >= 11 is 0. The van der Waals surface area contributed by atoms with E-state index >= 15 is 0 Å². The molecule has 0 rings (SSSR count). The maximum Gasteiger partial charge on any atom is 0.217 e. The Morgan fingerprint density at radius 3 is 1.68 bits per heavy atom. The molecular formula is C26H55ClN2O2. The molecular weight excluding hydrogens is 408 g/mol. The fraction of sp³-hybridized carbons (Fsp3) is 0.885. The first kappa shape index (κ1) is 35.0. The van der Waals surface area contributed by atoms with E-state index in [0.717, 1.165) is 36.7 Å². The molecule has 0 radical (unpaired) electrons. The fourth-order valence-corrected chi connectivity index (χ4v) is 3.59. The largest absolute Gasteiger partial charge is 1.00 e. The first-order valence-electron chi connectivity index (χ1n) is 12.8. The van der Waals surface area contributed by atoms with Crippen LogP contribution in [-0.2, 0) is 4.79 Å². The minimum absolute atomic E-state index is 0. The van der Waals surface area contributed by atoms with Crippen molar-refractivity contribution in [2.45, 2.75) is 130 Å². The number of allylic oxidation sites excluding steroid dienone is 2. The Labute approximate surface area is 201 Å². The summed E-state index contributed by atoms with van der Waals surface area (Å²) in [6, 6.07) is 0. The van der Waals surface area contributed by atoms with Gasteiger partial charge in [-0.15, -0.1) is 0 Å². The van der Waals surface area contributed by atoms with Gasteiger partial charge in [0.15, 0.2) is 6.23 Å². The number of halogens is 1. The molecule has 0 aromatic heterocycles. The maximum absolute atomic E-state index is 10.5. The van der Waals surface area contributed by atoms with Gasteiger partial charge in [0.05, 0.1) is 20.6 Å². The second kappa shape index (κ2) is 25.7. The molecule has 0 aliphatic carbocycles. The number of aliphatic hydroxyl groups excluding tert-OH is 1.